The van der Waals surface area contributed by atoms with E-state index in [1.165, 1.54) is 0 Å². The van der Waals surface area contributed by atoms with Crippen LogP contribution in [0.2, 0.25) is 0 Å². The van der Waals surface area contributed by atoms with E-state index in [2.05, 4.69) is 0 Å². The Kier molecular flexibility index (Phi) is 7.00. The highest BCUT2D eigenvalue weighted by Gasteiger charge is 2.58. The summed E-state index contributed by atoms with van der Waals surface area (Å²) in [4.78, 5) is 52.1. The fourth-order valence-electron chi connectivity index (χ4n) is 4.04. The maximum absolute atomic E-state index is 13.5. The Morgan fingerprint density at radius 3 is 2.45 bits per heavy atom. The molecule has 0 N–H and O–H groups in total. The van der Waals surface area contributed by atoms with Crippen molar-refractivity contribution in [1.82, 2.24) is 0 Å². The van der Waals surface area contributed by atoms with E-state index >= 15 is 0 Å². The number of esters is 1. The van der Waals surface area contributed by atoms with E-state index in [0.29, 0.717) is 12.4 Å². The van der Waals surface area contributed by atoms with Gasteiger partial charge in [-0.1, -0.05) is 49.4 Å². The first-order valence-electron chi connectivity index (χ1n) is 10.5. The van der Waals surface area contributed by atoms with Gasteiger partial charge in [-0.05, 0) is 36.6 Å². The number of hydrogen-bond acceptors (Lipinski definition) is 6. The molecule has 0 spiro atoms. The molecule has 1 fully saturated rings. The van der Waals surface area contributed by atoms with Crippen LogP contribution in [0, 0.1) is 5.92 Å². The van der Waals surface area contributed by atoms with E-state index < -0.39 is 34.7 Å². The Morgan fingerprint density at radius 2 is 1.77 bits per heavy atom. The topological polar surface area (TPSA) is 86.7 Å². The minimum absolute atomic E-state index is 0.0118. The van der Waals surface area contributed by atoms with Crippen LogP contribution in [0.3, 0.4) is 0 Å². The minimum atomic E-state index is -2.00. The smallest absolute Gasteiger partial charge is 0.316 e. The molecule has 2 atom stereocenters. The number of carbonyl (C=O) groups is 4. The third kappa shape index (κ3) is 4.29. The number of ketones is 3. The van der Waals surface area contributed by atoms with E-state index in [1.807, 2.05) is 30.3 Å². The molecule has 2 aromatic rings. The van der Waals surface area contributed by atoms with Crippen molar-refractivity contribution in [2.75, 3.05) is 6.61 Å². The quantitative estimate of drug-likeness (QED) is 0.477. The molecule has 3 rings (SSSR count). The molecule has 1 aliphatic carbocycles. The molecule has 0 amide bonds. The zero-order valence-corrected chi connectivity index (χ0v) is 17.8. The van der Waals surface area contributed by atoms with E-state index in [-0.39, 0.29) is 31.4 Å². The Labute approximate surface area is 181 Å². The molecule has 0 aromatic heterocycles. The Bertz CT molecular complexity index is 971. The van der Waals surface area contributed by atoms with Gasteiger partial charge >= 0.3 is 5.97 Å². The van der Waals surface area contributed by atoms with Crippen molar-refractivity contribution < 1.29 is 28.7 Å². The zero-order chi connectivity index (χ0) is 22.4. The first-order chi connectivity index (χ1) is 14.9. The van der Waals surface area contributed by atoms with Gasteiger partial charge in [0.25, 0.3) is 0 Å². The van der Waals surface area contributed by atoms with Gasteiger partial charge in [-0.15, -0.1) is 0 Å². The summed E-state index contributed by atoms with van der Waals surface area (Å²) in [6, 6.07) is 16.0. The van der Waals surface area contributed by atoms with Crippen LogP contribution >= 0.6 is 0 Å². The number of benzene rings is 2. The summed E-state index contributed by atoms with van der Waals surface area (Å²) in [5.74, 6) is -3.09. The summed E-state index contributed by atoms with van der Waals surface area (Å²) in [6.07, 6.45) is -0.00235. The molecule has 0 radical (unpaired) electrons. The van der Waals surface area contributed by atoms with Crippen LogP contribution in [0.1, 0.15) is 44.2 Å². The van der Waals surface area contributed by atoms with Crippen molar-refractivity contribution in [1.29, 1.82) is 0 Å². The normalized spacial score (nSPS) is 20.9. The van der Waals surface area contributed by atoms with Crippen LogP contribution in [0.4, 0.5) is 0 Å². The summed E-state index contributed by atoms with van der Waals surface area (Å²) in [5.41, 5.74) is -0.801. The molecule has 1 aliphatic rings. The van der Waals surface area contributed by atoms with Crippen molar-refractivity contribution in [3.63, 3.8) is 0 Å². The predicted octanol–water partition coefficient (Wildman–Crippen LogP) is 3.59. The summed E-state index contributed by atoms with van der Waals surface area (Å²) in [7, 11) is 0. The predicted molar refractivity (Wildman–Crippen MR) is 114 cm³/mol. The van der Waals surface area contributed by atoms with Crippen molar-refractivity contribution in [3.05, 3.63) is 65.7 Å². The van der Waals surface area contributed by atoms with E-state index in [0.717, 1.165) is 5.56 Å². The van der Waals surface area contributed by atoms with Gasteiger partial charge in [0.1, 0.15) is 18.3 Å². The second-order valence-electron chi connectivity index (χ2n) is 7.46. The lowest BCUT2D eigenvalue weighted by Crippen LogP contribution is -2.57. The van der Waals surface area contributed by atoms with Gasteiger partial charge in [0.15, 0.2) is 22.8 Å². The molecule has 0 bridgehead atoms. The van der Waals surface area contributed by atoms with Gasteiger partial charge in [0.05, 0.1) is 6.61 Å². The fraction of sp³-hybridized carbons (Fsp3) is 0.360. The maximum atomic E-state index is 13.5. The molecule has 6 heteroatoms. The SMILES string of the molecule is CCOC(=O)C1CCC(=O)C(C(=O)CC)(c2cccc(OCc3ccccc3)c2)C1=O. The van der Waals surface area contributed by atoms with Gasteiger partial charge in [0.2, 0.25) is 0 Å². The van der Waals surface area contributed by atoms with E-state index in [9.17, 15) is 19.2 Å². The molecular weight excluding hydrogens is 396 g/mol. The van der Waals surface area contributed by atoms with Crippen LogP contribution in [0.25, 0.3) is 0 Å². The van der Waals surface area contributed by atoms with Crippen molar-refractivity contribution in [3.8, 4) is 5.75 Å². The highest BCUT2D eigenvalue weighted by atomic mass is 16.5. The number of ether oxygens (including phenoxy) is 2. The largest absolute Gasteiger partial charge is 0.489 e. The molecule has 0 heterocycles. The third-order valence-corrected chi connectivity index (χ3v) is 5.59. The highest BCUT2D eigenvalue weighted by molar-refractivity contribution is 6.33. The summed E-state index contributed by atoms with van der Waals surface area (Å²) in [6.45, 7) is 3.67. The Hall–Kier alpha value is -3.28. The average molecular weight is 422 g/mol. The fourth-order valence-corrected chi connectivity index (χ4v) is 4.04. The van der Waals surface area contributed by atoms with Gasteiger partial charge in [-0.2, -0.15) is 0 Å². The standard InChI is InChI=1S/C25H26O6/c1-3-21(26)25(22(27)14-13-20(23(25)28)24(29)30-4-2)18-11-8-12-19(15-18)31-16-17-9-6-5-7-10-17/h5-12,15,20H,3-4,13-14,16H2,1-2H3. The van der Waals surface area contributed by atoms with E-state index in [1.54, 1.807) is 38.1 Å². The molecule has 2 unspecified atom stereocenters. The van der Waals surface area contributed by atoms with Crippen LogP contribution < -0.4 is 4.74 Å². The van der Waals surface area contributed by atoms with Crippen LogP contribution in [-0.4, -0.2) is 29.9 Å². The van der Waals surface area contributed by atoms with Gasteiger partial charge in [0, 0.05) is 12.8 Å². The maximum Gasteiger partial charge on any atom is 0.316 e. The molecule has 6 nitrogen and oxygen atoms in total. The molecule has 0 aliphatic heterocycles. The molecule has 1 saturated carbocycles. The lowest BCUT2D eigenvalue weighted by Gasteiger charge is -2.36. The number of carbonyl (C=O) groups excluding carboxylic acids is 4. The highest BCUT2D eigenvalue weighted by Crippen LogP contribution is 2.40. The molecule has 162 valence electrons. The molecule has 0 saturated heterocycles. The summed E-state index contributed by atoms with van der Waals surface area (Å²) < 4.78 is 10.9. The number of hydrogen-bond donors (Lipinski definition) is 0. The lowest BCUT2D eigenvalue weighted by atomic mass is 9.61. The van der Waals surface area contributed by atoms with Gasteiger partial charge in [-0.25, -0.2) is 0 Å². The Balaban J connectivity index is 1.99. The second kappa shape index (κ2) is 9.69. The third-order valence-electron chi connectivity index (χ3n) is 5.59. The second-order valence-corrected chi connectivity index (χ2v) is 7.46. The molecular formula is C25H26O6. The molecule has 31 heavy (non-hydrogen) atoms. The first-order valence-corrected chi connectivity index (χ1v) is 10.5. The average Bonchev–Trinajstić information content (AvgIpc) is 2.79. The van der Waals surface area contributed by atoms with Crippen molar-refractivity contribution in [2.24, 2.45) is 5.92 Å². The van der Waals surface area contributed by atoms with Crippen LogP contribution in [0.5, 0.6) is 5.75 Å². The first kappa shape index (κ1) is 22.4. The zero-order valence-electron chi connectivity index (χ0n) is 17.8. The van der Waals surface area contributed by atoms with Crippen molar-refractivity contribution in [2.45, 2.75) is 45.1 Å². The number of Topliss-reactive ketones (excluding diaryl/α,β-unsaturated/α-hetero) is 3. The molecule has 2 aromatic carbocycles. The Morgan fingerprint density at radius 1 is 1.03 bits per heavy atom. The lowest BCUT2D eigenvalue weighted by molar-refractivity contribution is -0.158. The summed E-state index contributed by atoms with van der Waals surface area (Å²) in [5, 5.41) is 0. The summed E-state index contributed by atoms with van der Waals surface area (Å²) >= 11 is 0. The van der Waals surface area contributed by atoms with Gasteiger partial charge < -0.3 is 9.47 Å². The van der Waals surface area contributed by atoms with Crippen LogP contribution in [-0.2, 0) is 35.9 Å². The minimum Gasteiger partial charge on any atom is -0.489 e. The van der Waals surface area contributed by atoms with Gasteiger partial charge in [-0.3, -0.25) is 19.2 Å². The van der Waals surface area contributed by atoms with Crippen LogP contribution in [0.15, 0.2) is 54.6 Å². The number of rotatable bonds is 8. The monoisotopic (exact) mass is 422 g/mol. The van der Waals surface area contributed by atoms with E-state index in [4.69, 9.17) is 9.47 Å². The van der Waals surface area contributed by atoms with Crippen molar-refractivity contribution >= 4 is 23.3 Å².